The molecule has 1 aromatic carbocycles. The van der Waals surface area contributed by atoms with Crippen molar-refractivity contribution in [3.05, 3.63) is 35.9 Å². The van der Waals surface area contributed by atoms with E-state index in [4.69, 9.17) is 5.73 Å². The number of hydrogen-bond acceptors (Lipinski definition) is 2. The summed E-state index contributed by atoms with van der Waals surface area (Å²) < 4.78 is 0. The molecule has 1 saturated heterocycles. The monoisotopic (exact) mass is 246 g/mol. The average molecular weight is 246 g/mol. The predicted octanol–water partition coefficient (Wildman–Crippen LogP) is 2.68. The van der Waals surface area contributed by atoms with E-state index in [1.54, 1.807) is 0 Å². The minimum Gasteiger partial charge on any atom is -0.327 e. The van der Waals surface area contributed by atoms with E-state index in [0.717, 1.165) is 18.9 Å². The van der Waals surface area contributed by atoms with Gasteiger partial charge < -0.3 is 5.73 Å². The molecule has 0 aromatic heterocycles. The van der Waals surface area contributed by atoms with Gasteiger partial charge in [0.25, 0.3) is 0 Å². The van der Waals surface area contributed by atoms with E-state index in [9.17, 15) is 0 Å². The Kier molecular flexibility index (Phi) is 4.79. The molecule has 100 valence electrons. The smallest absolute Gasteiger partial charge is 0.0170 e. The van der Waals surface area contributed by atoms with Gasteiger partial charge in [0.05, 0.1) is 0 Å². The molecule has 2 nitrogen and oxygen atoms in total. The van der Waals surface area contributed by atoms with Gasteiger partial charge in [-0.05, 0) is 30.7 Å². The molecule has 0 radical (unpaired) electrons. The van der Waals surface area contributed by atoms with Crippen LogP contribution in [0.3, 0.4) is 0 Å². The van der Waals surface area contributed by atoms with Crippen molar-refractivity contribution in [2.24, 2.45) is 11.7 Å². The van der Waals surface area contributed by atoms with E-state index in [1.165, 1.54) is 24.9 Å². The van der Waals surface area contributed by atoms with Crippen molar-refractivity contribution in [3.63, 3.8) is 0 Å². The molecule has 3 unspecified atom stereocenters. The van der Waals surface area contributed by atoms with E-state index in [-0.39, 0.29) is 0 Å². The molecule has 18 heavy (non-hydrogen) atoms. The summed E-state index contributed by atoms with van der Waals surface area (Å²) in [7, 11) is 0. The molecule has 3 atom stereocenters. The number of hydrogen-bond donors (Lipinski definition) is 1. The van der Waals surface area contributed by atoms with E-state index in [2.05, 4.69) is 49.1 Å². The van der Waals surface area contributed by atoms with Gasteiger partial charge in [0, 0.05) is 25.2 Å². The summed E-state index contributed by atoms with van der Waals surface area (Å²) in [5.41, 5.74) is 7.60. The lowest BCUT2D eigenvalue weighted by Crippen LogP contribution is -2.51. The summed E-state index contributed by atoms with van der Waals surface area (Å²) >= 11 is 0. The Morgan fingerprint density at radius 2 is 2.00 bits per heavy atom. The molecule has 1 aromatic rings. The highest BCUT2D eigenvalue weighted by atomic mass is 15.2. The second-order valence-corrected chi connectivity index (χ2v) is 5.81. The van der Waals surface area contributed by atoms with Crippen molar-refractivity contribution in [2.75, 3.05) is 13.1 Å². The molecule has 1 aliphatic rings. The van der Waals surface area contributed by atoms with Crippen LogP contribution in [0.1, 0.15) is 32.3 Å². The number of nitrogens with zero attached hydrogens (tertiary/aromatic N) is 1. The standard InChI is InChI=1S/C16H26N2/c1-3-16(10-14-7-5-4-6-8-14)18-11-13(2)9-15(17)12-18/h4-8,13,15-16H,3,9-12,17H2,1-2H3. The minimum atomic E-state index is 0.360. The van der Waals surface area contributed by atoms with Crippen LogP contribution in [0.25, 0.3) is 0 Å². The maximum Gasteiger partial charge on any atom is 0.0170 e. The van der Waals surface area contributed by atoms with Gasteiger partial charge in [0.2, 0.25) is 0 Å². The number of nitrogens with two attached hydrogens (primary N) is 1. The fourth-order valence-corrected chi connectivity index (χ4v) is 3.16. The first-order chi connectivity index (χ1) is 8.69. The first kappa shape index (κ1) is 13.6. The second-order valence-electron chi connectivity index (χ2n) is 5.81. The zero-order chi connectivity index (χ0) is 13.0. The highest BCUT2D eigenvalue weighted by molar-refractivity contribution is 5.16. The largest absolute Gasteiger partial charge is 0.327 e. The number of piperidine rings is 1. The van der Waals surface area contributed by atoms with Gasteiger partial charge in [0.1, 0.15) is 0 Å². The van der Waals surface area contributed by atoms with Crippen LogP contribution in [-0.2, 0) is 6.42 Å². The van der Waals surface area contributed by atoms with E-state index < -0.39 is 0 Å². The first-order valence-electron chi connectivity index (χ1n) is 7.22. The average Bonchev–Trinajstić information content (AvgIpc) is 2.36. The number of rotatable bonds is 4. The first-order valence-corrected chi connectivity index (χ1v) is 7.22. The van der Waals surface area contributed by atoms with Gasteiger partial charge in [-0.3, -0.25) is 4.90 Å². The van der Waals surface area contributed by atoms with Crippen LogP contribution in [0, 0.1) is 5.92 Å². The van der Waals surface area contributed by atoms with Crippen molar-refractivity contribution in [2.45, 2.75) is 45.2 Å². The van der Waals surface area contributed by atoms with Crippen molar-refractivity contribution < 1.29 is 0 Å². The Balaban J connectivity index is 2.00. The maximum absolute atomic E-state index is 6.16. The fourth-order valence-electron chi connectivity index (χ4n) is 3.16. The molecule has 2 rings (SSSR count). The molecule has 0 spiro atoms. The Bertz CT molecular complexity index is 339. The number of benzene rings is 1. The zero-order valence-corrected chi connectivity index (χ0v) is 11.7. The molecule has 0 aliphatic carbocycles. The van der Waals surface area contributed by atoms with Crippen LogP contribution in [0.2, 0.25) is 0 Å². The molecular formula is C16H26N2. The quantitative estimate of drug-likeness (QED) is 0.885. The summed E-state index contributed by atoms with van der Waals surface area (Å²) in [5, 5.41) is 0. The van der Waals surface area contributed by atoms with E-state index in [0.29, 0.717) is 12.1 Å². The second kappa shape index (κ2) is 6.35. The number of likely N-dealkylation sites (tertiary alicyclic amines) is 1. The topological polar surface area (TPSA) is 29.3 Å². The SMILES string of the molecule is CCC(Cc1ccccc1)N1CC(C)CC(N)C1. The normalized spacial score (nSPS) is 27.1. The van der Waals surface area contributed by atoms with Crippen LogP contribution >= 0.6 is 0 Å². The molecule has 1 aliphatic heterocycles. The summed E-state index contributed by atoms with van der Waals surface area (Å²) in [6.45, 7) is 6.88. The van der Waals surface area contributed by atoms with Gasteiger partial charge in [-0.25, -0.2) is 0 Å². The lowest BCUT2D eigenvalue weighted by Gasteiger charge is -2.40. The lowest BCUT2D eigenvalue weighted by atomic mass is 9.93. The predicted molar refractivity (Wildman–Crippen MR) is 77.6 cm³/mol. The molecule has 1 fully saturated rings. The molecule has 0 saturated carbocycles. The highest BCUT2D eigenvalue weighted by Gasteiger charge is 2.26. The van der Waals surface area contributed by atoms with Gasteiger partial charge in [-0.1, -0.05) is 44.2 Å². The zero-order valence-electron chi connectivity index (χ0n) is 11.7. The Hall–Kier alpha value is -0.860. The van der Waals surface area contributed by atoms with Crippen molar-refractivity contribution >= 4 is 0 Å². The Morgan fingerprint density at radius 1 is 1.28 bits per heavy atom. The molecule has 2 N–H and O–H groups in total. The Labute approximate surface area is 111 Å². The van der Waals surface area contributed by atoms with Gasteiger partial charge in [0.15, 0.2) is 0 Å². The van der Waals surface area contributed by atoms with Crippen LogP contribution in [0.4, 0.5) is 0 Å². The van der Waals surface area contributed by atoms with Crippen LogP contribution in [0.5, 0.6) is 0 Å². The lowest BCUT2D eigenvalue weighted by molar-refractivity contribution is 0.112. The van der Waals surface area contributed by atoms with Crippen LogP contribution < -0.4 is 5.73 Å². The van der Waals surface area contributed by atoms with Gasteiger partial charge >= 0.3 is 0 Å². The molecule has 1 heterocycles. The molecular weight excluding hydrogens is 220 g/mol. The van der Waals surface area contributed by atoms with E-state index >= 15 is 0 Å². The van der Waals surface area contributed by atoms with E-state index in [1.807, 2.05) is 0 Å². The summed E-state index contributed by atoms with van der Waals surface area (Å²) in [4.78, 5) is 2.60. The van der Waals surface area contributed by atoms with Crippen LogP contribution in [-0.4, -0.2) is 30.1 Å². The third-order valence-electron chi connectivity index (χ3n) is 4.02. The summed E-state index contributed by atoms with van der Waals surface area (Å²) in [6.07, 6.45) is 3.53. The summed E-state index contributed by atoms with van der Waals surface area (Å²) in [6, 6.07) is 11.8. The minimum absolute atomic E-state index is 0.360. The highest BCUT2D eigenvalue weighted by Crippen LogP contribution is 2.20. The third kappa shape index (κ3) is 3.56. The van der Waals surface area contributed by atoms with Crippen molar-refractivity contribution in [3.8, 4) is 0 Å². The maximum atomic E-state index is 6.16. The third-order valence-corrected chi connectivity index (χ3v) is 4.02. The van der Waals surface area contributed by atoms with Crippen LogP contribution in [0.15, 0.2) is 30.3 Å². The molecule has 2 heteroatoms. The fraction of sp³-hybridized carbons (Fsp3) is 0.625. The summed E-state index contributed by atoms with van der Waals surface area (Å²) in [5.74, 6) is 0.735. The van der Waals surface area contributed by atoms with Crippen molar-refractivity contribution in [1.29, 1.82) is 0 Å². The van der Waals surface area contributed by atoms with Gasteiger partial charge in [-0.2, -0.15) is 0 Å². The Morgan fingerprint density at radius 3 is 2.61 bits per heavy atom. The molecule has 0 amide bonds. The van der Waals surface area contributed by atoms with Crippen molar-refractivity contribution in [1.82, 2.24) is 4.90 Å². The van der Waals surface area contributed by atoms with Gasteiger partial charge in [-0.15, -0.1) is 0 Å². The molecule has 0 bridgehead atoms.